The first-order valence-corrected chi connectivity index (χ1v) is 8.60. The molecular weight excluding hydrogens is 340 g/mol. The molecule has 6 nitrogen and oxygen atoms in total. The smallest absolute Gasteiger partial charge is 0.337 e. The second kappa shape index (κ2) is 7.86. The summed E-state index contributed by atoms with van der Waals surface area (Å²) in [4.78, 5) is 20.5. The molecule has 6 heteroatoms. The Labute approximate surface area is 158 Å². The zero-order valence-electron chi connectivity index (χ0n) is 15.8. The fourth-order valence-corrected chi connectivity index (χ4v) is 2.65. The van der Waals surface area contributed by atoms with E-state index in [9.17, 15) is 4.79 Å². The van der Waals surface area contributed by atoms with E-state index in [1.54, 1.807) is 24.3 Å². The van der Waals surface area contributed by atoms with Crippen molar-refractivity contribution in [2.45, 2.75) is 20.8 Å². The van der Waals surface area contributed by atoms with Crippen LogP contribution in [0.2, 0.25) is 0 Å². The number of aryl methyl sites for hydroxylation is 2. The molecule has 2 N–H and O–H groups in total. The molecule has 3 rings (SSSR count). The van der Waals surface area contributed by atoms with E-state index in [4.69, 9.17) is 4.74 Å². The van der Waals surface area contributed by atoms with Crippen molar-refractivity contribution in [3.63, 3.8) is 0 Å². The molecule has 0 saturated carbocycles. The molecule has 0 aliphatic heterocycles. The third kappa shape index (κ3) is 4.41. The Kier molecular flexibility index (Phi) is 5.35. The summed E-state index contributed by atoms with van der Waals surface area (Å²) in [6, 6.07) is 15.0. The molecular formula is C21H22N4O2. The van der Waals surface area contributed by atoms with Gasteiger partial charge in [0.15, 0.2) is 0 Å². The number of ether oxygens (including phenoxy) is 1. The molecule has 1 aromatic heterocycles. The Morgan fingerprint density at radius 3 is 2.41 bits per heavy atom. The highest BCUT2D eigenvalue weighted by Crippen LogP contribution is 2.23. The monoisotopic (exact) mass is 362 g/mol. The number of carbonyl (C=O) groups excluding carboxylic acids is 1. The number of rotatable bonds is 5. The first kappa shape index (κ1) is 18.4. The number of methoxy groups -OCH3 is 1. The van der Waals surface area contributed by atoms with E-state index >= 15 is 0 Å². The zero-order valence-corrected chi connectivity index (χ0v) is 15.8. The molecule has 1 heterocycles. The van der Waals surface area contributed by atoms with Gasteiger partial charge in [-0.3, -0.25) is 0 Å². The molecule has 0 radical (unpaired) electrons. The standard InChI is InChI=1S/C21H22N4O2/c1-13-6-5-7-18(15(13)3)24-19-12-14(2)22-21(25-19)23-17-10-8-16(9-11-17)20(26)27-4/h5-12H,1-4H3,(H2,22,23,24,25). The average Bonchev–Trinajstić information content (AvgIpc) is 2.65. The van der Waals surface area contributed by atoms with E-state index in [1.807, 2.05) is 25.1 Å². The number of anilines is 4. The first-order valence-electron chi connectivity index (χ1n) is 8.60. The van der Waals surface area contributed by atoms with Crippen LogP contribution < -0.4 is 10.6 Å². The van der Waals surface area contributed by atoms with E-state index in [0.717, 1.165) is 17.1 Å². The Bertz CT molecular complexity index is 968. The van der Waals surface area contributed by atoms with Crippen molar-refractivity contribution < 1.29 is 9.53 Å². The third-order valence-electron chi connectivity index (χ3n) is 4.28. The van der Waals surface area contributed by atoms with Crippen LogP contribution in [0, 0.1) is 20.8 Å². The fraction of sp³-hybridized carbons (Fsp3) is 0.190. The van der Waals surface area contributed by atoms with E-state index < -0.39 is 0 Å². The molecule has 0 amide bonds. The maximum Gasteiger partial charge on any atom is 0.337 e. The minimum atomic E-state index is -0.367. The van der Waals surface area contributed by atoms with Gasteiger partial charge in [-0.05, 0) is 62.2 Å². The molecule has 27 heavy (non-hydrogen) atoms. The van der Waals surface area contributed by atoms with Crippen LogP contribution in [0.25, 0.3) is 0 Å². The van der Waals surface area contributed by atoms with Gasteiger partial charge in [0.1, 0.15) is 5.82 Å². The first-order chi connectivity index (χ1) is 13.0. The van der Waals surface area contributed by atoms with E-state index in [0.29, 0.717) is 17.3 Å². The van der Waals surface area contributed by atoms with Crippen molar-refractivity contribution in [2.24, 2.45) is 0 Å². The molecule has 0 unspecified atom stereocenters. The molecule has 0 bridgehead atoms. The quantitative estimate of drug-likeness (QED) is 0.642. The average molecular weight is 362 g/mol. The van der Waals surface area contributed by atoms with Crippen molar-refractivity contribution in [1.82, 2.24) is 9.97 Å². The van der Waals surface area contributed by atoms with Crippen molar-refractivity contribution in [1.29, 1.82) is 0 Å². The van der Waals surface area contributed by atoms with Crippen LogP contribution in [-0.2, 0) is 4.74 Å². The number of hydrogen-bond donors (Lipinski definition) is 2. The van der Waals surface area contributed by atoms with Gasteiger partial charge in [0.05, 0.1) is 12.7 Å². The maximum absolute atomic E-state index is 11.5. The van der Waals surface area contributed by atoms with E-state index in [-0.39, 0.29) is 5.97 Å². The Hall–Kier alpha value is -3.41. The van der Waals surface area contributed by atoms with Gasteiger partial charge in [0.2, 0.25) is 5.95 Å². The summed E-state index contributed by atoms with van der Waals surface area (Å²) in [7, 11) is 1.36. The van der Waals surface area contributed by atoms with Crippen LogP contribution in [0.15, 0.2) is 48.5 Å². The largest absolute Gasteiger partial charge is 0.465 e. The van der Waals surface area contributed by atoms with Crippen molar-refractivity contribution in [3.05, 3.63) is 70.9 Å². The number of benzene rings is 2. The van der Waals surface area contributed by atoms with Crippen LogP contribution in [0.1, 0.15) is 27.2 Å². The highest BCUT2D eigenvalue weighted by Gasteiger charge is 2.08. The minimum Gasteiger partial charge on any atom is -0.465 e. The molecule has 0 fully saturated rings. The predicted octanol–water partition coefficient (Wildman–Crippen LogP) is 4.68. The zero-order chi connectivity index (χ0) is 19.4. The van der Waals surface area contributed by atoms with Gasteiger partial charge in [0, 0.05) is 23.1 Å². The van der Waals surface area contributed by atoms with Gasteiger partial charge in [-0.2, -0.15) is 4.98 Å². The summed E-state index contributed by atoms with van der Waals surface area (Å²) in [5.41, 5.74) is 5.53. The maximum atomic E-state index is 11.5. The van der Waals surface area contributed by atoms with Crippen LogP contribution in [0.3, 0.4) is 0 Å². The number of esters is 1. The van der Waals surface area contributed by atoms with Crippen molar-refractivity contribution >= 4 is 29.1 Å². The lowest BCUT2D eigenvalue weighted by Gasteiger charge is -2.13. The number of nitrogens with zero attached hydrogens (tertiary/aromatic N) is 2. The molecule has 2 aromatic carbocycles. The normalized spacial score (nSPS) is 10.4. The number of nitrogens with one attached hydrogen (secondary N) is 2. The summed E-state index contributed by atoms with van der Waals surface area (Å²) in [6.07, 6.45) is 0. The van der Waals surface area contributed by atoms with Crippen LogP contribution in [0.4, 0.5) is 23.1 Å². The lowest BCUT2D eigenvalue weighted by molar-refractivity contribution is 0.0601. The topological polar surface area (TPSA) is 76.1 Å². The van der Waals surface area contributed by atoms with Gasteiger partial charge in [-0.1, -0.05) is 12.1 Å². The molecule has 0 saturated heterocycles. The Morgan fingerprint density at radius 2 is 1.70 bits per heavy atom. The van der Waals surface area contributed by atoms with Gasteiger partial charge < -0.3 is 15.4 Å². The minimum absolute atomic E-state index is 0.367. The summed E-state index contributed by atoms with van der Waals surface area (Å²) >= 11 is 0. The predicted molar refractivity (Wildman–Crippen MR) is 107 cm³/mol. The second-order valence-corrected chi connectivity index (χ2v) is 6.28. The number of aromatic nitrogens is 2. The highest BCUT2D eigenvalue weighted by atomic mass is 16.5. The summed E-state index contributed by atoms with van der Waals surface area (Å²) in [5.74, 6) is 0.826. The SMILES string of the molecule is COC(=O)c1ccc(Nc2nc(C)cc(Nc3cccc(C)c3C)n2)cc1. The van der Waals surface area contributed by atoms with Crippen molar-refractivity contribution in [2.75, 3.05) is 17.7 Å². The Morgan fingerprint density at radius 1 is 0.963 bits per heavy atom. The molecule has 138 valence electrons. The van der Waals surface area contributed by atoms with E-state index in [2.05, 4.69) is 40.5 Å². The molecule has 0 aliphatic carbocycles. The lowest BCUT2D eigenvalue weighted by Crippen LogP contribution is -2.04. The second-order valence-electron chi connectivity index (χ2n) is 6.28. The fourth-order valence-electron chi connectivity index (χ4n) is 2.65. The van der Waals surface area contributed by atoms with Crippen LogP contribution in [-0.4, -0.2) is 23.0 Å². The molecule has 0 atom stereocenters. The van der Waals surface area contributed by atoms with Gasteiger partial charge >= 0.3 is 5.97 Å². The number of carbonyl (C=O) groups is 1. The molecule has 0 aliphatic rings. The molecule has 0 spiro atoms. The van der Waals surface area contributed by atoms with Crippen molar-refractivity contribution in [3.8, 4) is 0 Å². The summed E-state index contributed by atoms with van der Waals surface area (Å²) in [5, 5.41) is 6.53. The van der Waals surface area contributed by atoms with Gasteiger partial charge in [-0.15, -0.1) is 0 Å². The Balaban J connectivity index is 1.81. The molecule has 3 aromatic rings. The lowest BCUT2D eigenvalue weighted by atomic mass is 10.1. The summed E-state index contributed by atoms with van der Waals surface area (Å²) in [6.45, 7) is 6.08. The van der Waals surface area contributed by atoms with E-state index in [1.165, 1.54) is 18.2 Å². The van der Waals surface area contributed by atoms with Gasteiger partial charge in [0.25, 0.3) is 0 Å². The van der Waals surface area contributed by atoms with Crippen LogP contribution >= 0.6 is 0 Å². The number of hydrogen-bond acceptors (Lipinski definition) is 6. The van der Waals surface area contributed by atoms with Gasteiger partial charge in [-0.25, -0.2) is 9.78 Å². The van der Waals surface area contributed by atoms with Crippen LogP contribution in [0.5, 0.6) is 0 Å². The highest BCUT2D eigenvalue weighted by molar-refractivity contribution is 5.89. The summed E-state index contributed by atoms with van der Waals surface area (Å²) < 4.78 is 4.71. The third-order valence-corrected chi connectivity index (χ3v) is 4.28.